The van der Waals surface area contributed by atoms with Gasteiger partial charge < -0.3 is 0 Å². The van der Waals surface area contributed by atoms with Crippen molar-refractivity contribution in [3.63, 3.8) is 0 Å². The first-order chi connectivity index (χ1) is 7.93. The summed E-state index contributed by atoms with van der Waals surface area (Å²) in [6.45, 7) is 0. The van der Waals surface area contributed by atoms with Gasteiger partial charge in [-0.05, 0) is 0 Å². The first-order valence-electron chi connectivity index (χ1n) is 4.28. The summed E-state index contributed by atoms with van der Waals surface area (Å²) in [5, 5.41) is 0. The van der Waals surface area contributed by atoms with E-state index in [0.29, 0.717) is 52.4 Å². The predicted octanol–water partition coefficient (Wildman–Crippen LogP) is -0.174. The van der Waals surface area contributed by atoms with Gasteiger partial charge in [-0.2, -0.15) is 0 Å². The monoisotopic (exact) mass is 476 g/mol. The molecule has 1 aliphatic rings. The van der Waals surface area contributed by atoms with E-state index >= 15 is 0 Å². The minimum atomic E-state index is 0.375. The van der Waals surface area contributed by atoms with Crippen LogP contribution in [0.1, 0.15) is 5.56 Å². The molecule has 0 radical (unpaired) electrons. The summed E-state index contributed by atoms with van der Waals surface area (Å²) in [6.07, 6.45) is 0. The Bertz CT molecular complexity index is 525. The molecule has 1 aromatic heterocycles. The molecule has 0 aliphatic carbocycles. The molecule has 0 atom stereocenters. The maximum atomic E-state index is 4.45. The summed E-state index contributed by atoms with van der Waals surface area (Å²) < 4.78 is 17.8. The molecule has 80 valence electrons. The molecule has 0 unspecified atom stereocenters. The minimum absolute atomic E-state index is 0.375. The Kier molecular flexibility index (Phi) is 3.73. The van der Waals surface area contributed by atoms with E-state index in [4.69, 9.17) is 0 Å². The zero-order valence-corrected chi connectivity index (χ0v) is 14.6. The van der Waals surface area contributed by atoms with E-state index in [1.807, 2.05) is 6.07 Å². The summed E-state index contributed by atoms with van der Waals surface area (Å²) in [7, 11) is 0. The average molecular weight is 472 g/mol. The van der Waals surface area contributed by atoms with Crippen LogP contribution >= 0.6 is 0 Å². The van der Waals surface area contributed by atoms with Crippen LogP contribution in [0.15, 0.2) is 28.3 Å². The summed E-state index contributed by atoms with van der Waals surface area (Å²) in [6, 6.07) is 8.28. The van der Waals surface area contributed by atoms with Crippen LogP contribution < -0.4 is 0 Å². The molecule has 0 spiro atoms. The number of hydrogen-bond donors (Lipinski definition) is 0. The van der Waals surface area contributed by atoms with E-state index in [-0.39, 0.29) is 0 Å². The molecule has 16 heavy (non-hydrogen) atoms. The van der Waals surface area contributed by atoms with Crippen molar-refractivity contribution in [3.05, 3.63) is 34.2 Å². The van der Waals surface area contributed by atoms with E-state index in [0.717, 1.165) is 22.8 Å². The SMILES string of the molecule is c1cc(C2=N[Se][Se][N-]2)cc(-c2n[se][se+]n2)c1. The second kappa shape index (κ2) is 5.26. The van der Waals surface area contributed by atoms with Gasteiger partial charge in [0.1, 0.15) is 0 Å². The number of aromatic nitrogens is 2. The van der Waals surface area contributed by atoms with Gasteiger partial charge in [0.15, 0.2) is 0 Å². The van der Waals surface area contributed by atoms with Crippen LogP contribution in [-0.4, -0.2) is 66.2 Å². The van der Waals surface area contributed by atoms with Crippen molar-refractivity contribution in [2.24, 2.45) is 4.01 Å². The Labute approximate surface area is 115 Å². The molecule has 0 N–H and O–H groups in total. The molecular formula is C8H4N4Se4. The van der Waals surface area contributed by atoms with Gasteiger partial charge in [-0.15, -0.1) is 0 Å². The van der Waals surface area contributed by atoms with Gasteiger partial charge in [0.05, 0.1) is 0 Å². The molecule has 3 rings (SSSR count). The molecule has 2 aromatic rings. The van der Waals surface area contributed by atoms with E-state index < -0.39 is 0 Å². The first-order valence-corrected chi connectivity index (χ1v) is 16.0. The van der Waals surface area contributed by atoms with Gasteiger partial charge in [-0.3, -0.25) is 0 Å². The van der Waals surface area contributed by atoms with Crippen molar-refractivity contribution >= 4 is 58.3 Å². The number of nitrogens with zero attached hydrogens (tertiary/aromatic N) is 4. The van der Waals surface area contributed by atoms with E-state index in [1.54, 1.807) is 0 Å². The molecule has 1 aliphatic heterocycles. The van der Waals surface area contributed by atoms with E-state index in [1.165, 1.54) is 0 Å². The van der Waals surface area contributed by atoms with Crippen molar-refractivity contribution in [1.82, 2.24) is 7.96 Å². The quantitative estimate of drug-likeness (QED) is 0.571. The molecule has 0 fully saturated rings. The van der Waals surface area contributed by atoms with Gasteiger partial charge in [-0.1, -0.05) is 0 Å². The third kappa shape index (κ3) is 2.40. The third-order valence-corrected chi connectivity index (χ3v) is 9.00. The van der Waals surface area contributed by atoms with Crippen molar-refractivity contribution in [3.8, 4) is 11.4 Å². The van der Waals surface area contributed by atoms with Gasteiger partial charge in [-0.25, -0.2) is 0 Å². The number of hydrogen-bond acceptors (Lipinski definition) is 3. The molecule has 0 saturated carbocycles. The Hall–Kier alpha value is 0.238. The number of rotatable bonds is 2. The maximum absolute atomic E-state index is 4.45. The normalized spacial score (nSPS) is 14.6. The van der Waals surface area contributed by atoms with Crippen LogP contribution in [0.4, 0.5) is 0 Å². The molecular weight excluding hydrogens is 468 g/mol. The Morgan fingerprint density at radius 1 is 1.25 bits per heavy atom. The molecule has 4 nitrogen and oxygen atoms in total. The second-order valence-corrected chi connectivity index (χ2v) is 12.2. The Balaban J connectivity index is 2.00. The summed E-state index contributed by atoms with van der Waals surface area (Å²) in [5.41, 5.74) is 2.23. The first kappa shape index (κ1) is 11.3. The second-order valence-electron chi connectivity index (χ2n) is 2.89. The van der Waals surface area contributed by atoms with Crippen molar-refractivity contribution in [2.45, 2.75) is 0 Å². The van der Waals surface area contributed by atoms with Crippen LogP contribution in [0.25, 0.3) is 15.7 Å². The average Bonchev–Trinajstić information content (AvgIpc) is 3.03. The summed E-state index contributed by atoms with van der Waals surface area (Å²) >= 11 is 1.50. The van der Waals surface area contributed by atoms with E-state index in [2.05, 4.69) is 34.5 Å². The molecule has 8 heteroatoms. The van der Waals surface area contributed by atoms with Crippen LogP contribution in [0.2, 0.25) is 0 Å². The molecule has 2 heterocycles. The van der Waals surface area contributed by atoms with Crippen molar-refractivity contribution in [2.75, 3.05) is 0 Å². The molecule has 0 saturated heterocycles. The molecule has 0 amide bonds. The Morgan fingerprint density at radius 3 is 2.94 bits per heavy atom. The zero-order chi connectivity index (χ0) is 10.8. The van der Waals surface area contributed by atoms with Gasteiger partial charge >= 0.3 is 116 Å². The third-order valence-electron chi connectivity index (χ3n) is 1.94. The zero-order valence-electron chi connectivity index (χ0n) is 7.73. The Morgan fingerprint density at radius 2 is 2.19 bits per heavy atom. The predicted molar refractivity (Wildman–Crippen MR) is 67.2 cm³/mol. The van der Waals surface area contributed by atoms with Crippen LogP contribution in [0.3, 0.4) is 0 Å². The number of amidine groups is 1. The fourth-order valence-corrected chi connectivity index (χ4v) is 8.41. The fourth-order valence-electron chi connectivity index (χ4n) is 1.25. The van der Waals surface area contributed by atoms with Crippen LogP contribution in [-0.2, 0) is 0 Å². The van der Waals surface area contributed by atoms with Crippen molar-refractivity contribution in [1.29, 1.82) is 0 Å². The number of benzene rings is 1. The van der Waals surface area contributed by atoms with Crippen LogP contribution in [0, 0.1) is 0 Å². The fraction of sp³-hybridized carbons (Fsp3) is 0. The summed E-state index contributed by atoms with van der Waals surface area (Å²) in [5.74, 6) is 1.85. The van der Waals surface area contributed by atoms with E-state index in [9.17, 15) is 0 Å². The molecule has 1 aromatic carbocycles. The topological polar surface area (TPSA) is 52.2 Å². The van der Waals surface area contributed by atoms with Gasteiger partial charge in [0.25, 0.3) is 0 Å². The summed E-state index contributed by atoms with van der Waals surface area (Å²) in [4.78, 5) is 0. The van der Waals surface area contributed by atoms with Crippen molar-refractivity contribution < 1.29 is 0 Å². The van der Waals surface area contributed by atoms with Gasteiger partial charge in [0, 0.05) is 0 Å². The standard InChI is InChI=1S/C8H4N4Se4/c1-2-5(7-9-13-14-10-7)4-6(3-1)8-11-15-16-12-8/h1-4H. The van der Waals surface area contributed by atoms with Gasteiger partial charge in [0.2, 0.25) is 0 Å². The molecule has 0 bridgehead atoms. The van der Waals surface area contributed by atoms with Crippen LogP contribution in [0.5, 0.6) is 0 Å².